The third-order valence-electron chi connectivity index (χ3n) is 3.49. The van der Waals surface area contributed by atoms with Crippen LogP contribution in [-0.2, 0) is 11.3 Å². The molecule has 0 spiro atoms. The van der Waals surface area contributed by atoms with Crippen LogP contribution in [0.1, 0.15) is 30.3 Å². The molecule has 19 heavy (non-hydrogen) atoms. The highest BCUT2D eigenvalue weighted by atomic mass is 16.5. The second kappa shape index (κ2) is 5.63. The van der Waals surface area contributed by atoms with Gasteiger partial charge in [-0.3, -0.25) is 4.79 Å². The standard InChI is InChI=1S/C13H21N3O3/c1-2-16-8-10(14)7-11(16)12(17)15-9-13(18)3-5-19-6-4-13/h7-8,18H,2-6,9,14H2,1H3,(H,15,17). The van der Waals surface area contributed by atoms with Crippen molar-refractivity contribution in [2.45, 2.75) is 31.9 Å². The molecule has 1 aromatic rings. The second-order valence-electron chi connectivity index (χ2n) is 4.96. The molecule has 1 aliphatic heterocycles. The molecule has 0 atom stereocenters. The number of hydrogen-bond acceptors (Lipinski definition) is 4. The largest absolute Gasteiger partial charge is 0.397 e. The summed E-state index contributed by atoms with van der Waals surface area (Å²) in [5.74, 6) is -0.210. The van der Waals surface area contributed by atoms with E-state index in [4.69, 9.17) is 10.5 Å². The maximum atomic E-state index is 12.1. The van der Waals surface area contributed by atoms with E-state index in [0.29, 0.717) is 44.0 Å². The Labute approximate surface area is 112 Å². The lowest BCUT2D eigenvalue weighted by atomic mass is 9.94. The molecule has 1 aliphatic rings. The van der Waals surface area contributed by atoms with Gasteiger partial charge in [-0.05, 0) is 13.0 Å². The number of aliphatic hydroxyl groups is 1. The number of carbonyl (C=O) groups is 1. The molecule has 1 saturated heterocycles. The first kappa shape index (κ1) is 13.9. The average molecular weight is 267 g/mol. The van der Waals surface area contributed by atoms with Gasteiger partial charge in [0.2, 0.25) is 0 Å². The third-order valence-corrected chi connectivity index (χ3v) is 3.49. The first-order valence-electron chi connectivity index (χ1n) is 6.58. The summed E-state index contributed by atoms with van der Waals surface area (Å²) in [6.07, 6.45) is 2.83. The molecule has 0 aliphatic carbocycles. The van der Waals surface area contributed by atoms with Crippen LogP contribution in [0.3, 0.4) is 0 Å². The van der Waals surface area contributed by atoms with Gasteiger partial charge in [-0.2, -0.15) is 0 Å². The van der Waals surface area contributed by atoms with E-state index < -0.39 is 5.60 Å². The molecule has 6 nitrogen and oxygen atoms in total. The molecule has 4 N–H and O–H groups in total. The summed E-state index contributed by atoms with van der Waals surface area (Å²) in [7, 11) is 0. The lowest BCUT2D eigenvalue weighted by molar-refractivity contribution is -0.0605. The van der Waals surface area contributed by atoms with E-state index in [2.05, 4.69) is 5.32 Å². The molecule has 6 heteroatoms. The van der Waals surface area contributed by atoms with E-state index >= 15 is 0 Å². The molecule has 0 radical (unpaired) electrons. The molecular formula is C13H21N3O3. The summed E-state index contributed by atoms with van der Waals surface area (Å²) < 4.78 is 6.99. The molecule has 0 bridgehead atoms. The number of nitrogens with zero attached hydrogens (tertiary/aromatic N) is 1. The number of aromatic nitrogens is 1. The van der Waals surface area contributed by atoms with Gasteiger partial charge in [-0.25, -0.2) is 0 Å². The lowest BCUT2D eigenvalue weighted by Crippen LogP contribution is -2.46. The monoisotopic (exact) mass is 267 g/mol. The van der Waals surface area contributed by atoms with Crippen molar-refractivity contribution in [1.82, 2.24) is 9.88 Å². The molecule has 1 aromatic heterocycles. The predicted molar refractivity (Wildman–Crippen MR) is 71.9 cm³/mol. The number of anilines is 1. The fourth-order valence-electron chi connectivity index (χ4n) is 2.25. The Kier molecular flexibility index (Phi) is 4.11. The van der Waals surface area contributed by atoms with Gasteiger partial charge in [0.15, 0.2) is 0 Å². The Morgan fingerprint density at radius 1 is 1.58 bits per heavy atom. The van der Waals surface area contributed by atoms with Crippen LogP contribution in [0.2, 0.25) is 0 Å². The minimum Gasteiger partial charge on any atom is -0.397 e. The van der Waals surface area contributed by atoms with Crippen molar-refractivity contribution in [2.24, 2.45) is 0 Å². The van der Waals surface area contributed by atoms with E-state index in [0.717, 1.165) is 0 Å². The number of amides is 1. The smallest absolute Gasteiger partial charge is 0.268 e. The number of nitrogens with one attached hydrogen (secondary N) is 1. The zero-order valence-electron chi connectivity index (χ0n) is 11.2. The fraction of sp³-hybridized carbons (Fsp3) is 0.615. The van der Waals surface area contributed by atoms with Crippen molar-refractivity contribution in [1.29, 1.82) is 0 Å². The van der Waals surface area contributed by atoms with Crippen molar-refractivity contribution < 1.29 is 14.6 Å². The number of rotatable bonds is 4. The van der Waals surface area contributed by atoms with Gasteiger partial charge < -0.3 is 25.5 Å². The first-order chi connectivity index (χ1) is 9.04. The van der Waals surface area contributed by atoms with Crippen molar-refractivity contribution >= 4 is 11.6 Å². The highest BCUT2D eigenvalue weighted by Gasteiger charge is 2.30. The molecule has 0 unspecified atom stereocenters. The Morgan fingerprint density at radius 3 is 2.89 bits per heavy atom. The maximum absolute atomic E-state index is 12.1. The summed E-state index contributed by atoms with van der Waals surface area (Å²) in [5.41, 5.74) is 5.92. The summed E-state index contributed by atoms with van der Waals surface area (Å²) in [6.45, 7) is 3.93. The zero-order valence-corrected chi connectivity index (χ0v) is 11.2. The van der Waals surface area contributed by atoms with Crippen molar-refractivity contribution in [3.63, 3.8) is 0 Å². The van der Waals surface area contributed by atoms with Crippen molar-refractivity contribution in [3.05, 3.63) is 18.0 Å². The average Bonchev–Trinajstić information content (AvgIpc) is 2.78. The lowest BCUT2D eigenvalue weighted by Gasteiger charge is -2.32. The zero-order chi connectivity index (χ0) is 13.9. The molecule has 0 saturated carbocycles. The van der Waals surface area contributed by atoms with Crippen LogP contribution in [0.4, 0.5) is 5.69 Å². The molecule has 1 fully saturated rings. The normalized spacial score (nSPS) is 18.2. The summed E-state index contributed by atoms with van der Waals surface area (Å²) >= 11 is 0. The van der Waals surface area contributed by atoms with Crippen LogP contribution >= 0.6 is 0 Å². The minimum absolute atomic E-state index is 0.210. The van der Waals surface area contributed by atoms with E-state index in [-0.39, 0.29) is 12.5 Å². The first-order valence-corrected chi connectivity index (χ1v) is 6.58. The number of nitrogens with two attached hydrogens (primary N) is 1. The van der Waals surface area contributed by atoms with Gasteiger partial charge in [0.1, 0.15) is 5.69 Å². The van der Waals surface area contributed by atoms with E-state index in [9.17, 15) is 9.90 Å². The van der Waals surface area contributed by atoms with Gasteiger partial charge in [0.05, 0.1) is 11.3 Å². The van der Waals surface area contributed by atoms with Crippen LogP contribution in [-0.4, -0.2) is 40.9 Å². The van der Waals surface area contributed by atoms with Crippen LogP contribution in [0.15, 0.2) is 12.3 Å². The Hall–Kier alpha value is -1.53. The SMILES string of the molecule is CCn1cc(N)cc1C(=O)NCC1(O)CCOCC1. The molecule has 106 valence electrons. The molecule has 2 rings (SSSR count). The number of nitrogen functional groups attached to an aromatic ring is 1. The summed E-state index contributed by atoms with van der Waals surface area (Å²) in [4.78, 5) is 12.1. The number of aryl methyl sites for hydroxylation is 1. The molecule has 1 amide bonds. The maximum Gasteiger partial charge on any atom is 0.268 e. The highest BCUT2D eigenvalue weighted by molar-refractivity contribution is 5.93. The van der Waals surface area contributed by atoms with E-state index in [1.165, 1.54) is 0 Å². The molecule has 0 aromatic carbocycles. The number of carbonyl (C=O) groups excluding carboxylic acids is 1. The Balaban J connectivity index is 1.97. The Bertz CT molecular complexity index is 450. The topological polar surface area (TPSA) is 89.5 Å². The summed E-state index contributed by atoms with van der Waals surface area (Å²) in [5, 5.41) is 13.0. The van der Waals surface area contributed by atoms with Gasteiger partial charge in [-0.15, -0.1) is 0 Å². The van der Waals surface area contributed by atoms with E-state index in [1.54, 1.807) is 16.8 Å². The van der Waals surface area contributed by atoms with Gasteiger partial charge >= 0.3 is 0 Å². The summed E-state index contributed by atoms with van der Waals surface area (Å²) in [6, 6.07) is 1.65. The van der Waals surface area contributed by atoms with Crippen LogP contribution < -0.4 is 11.1 Å². The van der Waals surface area contributed by atoms with Crippen LogP contribution in [0.5, 0.6) is 0 Å². The third kappa shape index (κ3) is 3.27. The second-order valence-corrected chi connectivity index (χ2v) is 4.96. The predicted octanol–water partition coefficient (Wildman–Crippen LogP) is 0.361. The van der Waals surface area contributed by atoms with Gasteiger partial charge in [-0.1, -0.05) is 0 Å². The van der Waals surface area contributed by atoms with Gasteiger partial charge in [0.25, 0.3) is 5.91 Å². The van der Waals surface area contributed by atoms with Gasteiger partial charge in [0, 0.05) is 45.3 Å². The van der Waals surface area contributed by atoms with Crippen molar-refractivity contribution in [3.8, 4) is 0 Å². The minimum atomic E-state index is -0.858. The number of hydrogen-bond donors (Lipinski definition) is 3. The Morgan fingerprint density at radius 2 is 2.26 bits per heavy atom. The fourth-order valence-corrected chi connectivity index (χ4v) is 2.25. The van der Waals surface area contributed by atoms with E-state index in [1.807, 2.05) is 6.92 Å². The van der Waals surface area contributed by atoms with Crippen LogP contribution in [0, 0.1) is 0 Å². The highest BCUT2D eigenvalue weighted by Crippen LogP contribution is 2.19. The molecule has 2 heterocycles. The van der Waals surface area contributed by atoms with Crippen molar-refractivity contribution in [2.75, 3.05) is 25.5 Å². The number of ether oxygens (including phenoxy) is 1. The quantitative estimate of drug-likeness (QED) is 0.735. The van der Waals surface area contributed by atoms with Crippen LogP contribution in [0.25, 0.3) is 0 Å². The molecular weight excluding hydrogens is 246 g/mol.